The molecule has 2 aromatic rings. The Morgan fingerprint density at radius 1 is 1.15 bits per heavy atom. The van der Waals surface area contributed by atoms with Crippen LogP contribution in [-0.4, -0.2) is 59.2 Å². The Balaban J connectivity index is 2.11. The van der Waals surface area contributed by atoms with Crippen LogP contribution in [0.1, 0.15) is 44.9 Å². The molecule has 1 aromatic heterocycles. The zero-order valence-electron chi connectivity index (χ0n) is 19.4. The van der Waals surface area contributed by atoms with Crippen LogP contribution in [0, 0.1) is 0 Å². The zero-order chi connectivity index (χ0) is 24.0. The van der Waals surface area contributed by atoms with E-state index in [1.54, 1.807) is 42.7 Å². The molecule has 1 aromatic carbocycles. The lowest BCUT2D eigenvalue weighted by molar-refractivity contribution is -0.140. The predicted molar refractivity (Wildman–Crippen MR) is 123 cm³/mol. The highest BCUT2D eigenvalue weighted by molar-refractivity contribution is 6.46. The molecule has 8 nitrogen and oxygen atoms in total. The minimum absolute atomic E-state index is 0.0114. The number of rotatable bonds is 10. The molecule has 0 saturated carbocycles. The van der Waals surface area contributed by atoms with Crippen molar-refractivity contribution in [2.75, 3.05) is 26.4 Å². The number of benzene rings is 1. The standard InChI is InChI=1S/C25H30N2O6/c1-5-31-18-9-10-19(20(14-18)32-6-2)23(28)21-22(17-8-7-11-26-15-17)27(25(30)24(21)29)12-13-33-16(3)4/h7-11,14-16,22,28H,5-6,12-13H2,1-4H3/b23-21-. The molecule has 1 aliphatic rings. The molecule has 2 heterocycles. The Morgan fingerprint density at radius 3 is 2.55 bits per heavy atom. The Hall–Kier alpha value is -3.39. The predicted octanol–water partition coefficient (Wildman–Crippen LogP) is 3.73. The molecule has 33 heavy (non-hydrogen) atoms. The van der Waals surface area contributed by atoms with Crippen molar-refractivity contribution in [2.45, 2.75) is 39.8 Å². The fraction of sp³-hybridized carbons (Fsp3) is 0.400. The van der Waals surface area contributed by atoms with E-state index in [1.807, 2.05) is 27.7 Å². The molecule has 1 N–H and O–H groups in total. The number of ketones is 1. The SMILES string of the molecule is CCOc1ccc(/C(O)=C2/C(=O)C(=O)N(CCOC(C)C)C2c2cccnc2)c(OCC)c1. The van der Waals surface area contributed by atoms with E-state index in [4.69, 9.17) is 14.2 Å². The molecule has 0 bridgehead atoms. The summed E-state index contributed by atoms with van der Waals surface area (Å²) in [4.78, 5) is 31.6. The number of pyridine rings is 1. The lowest BCUT2D eigenvalue weighted by Gasteiger charge is -2.25. The van der Waals surface area contributed by atoms with Crippen molar-refractivity contribution in [3.05, 3.63) is 59.4 Å². The first kappa shape index (κ1) is 24.3. The number of hydrogen-bond donors (Lipinski definition) is 1. The van der Waals surface area contributed by atoms with Crippen LogP contribution in [0.5, 0.6) is 11.5 Å². The maximum absolute atomic E-state index is 13.1. The molecule has 0 radical (unpaired) electrons. The Morgan fingerprint density at radius 2 is 1.91 bits per heavy atom. The summed E-state index contributed by atoms with van der Waals surface area (Å²) in [6.45, 7) is 8.76. The lowest BCUT2D eigenvalue weighted by Crippen LogP contribution is -2.33. The molecule has 3 rings (SSSR count). The lowest BCUT2D eigenvalue weighted by atomic mass is 9.96. The molecule has 1 amide bonds. The van der Waals surface area contributed by atoms with E-state index >= 15 is 0 Å². The molecular formula is C25H30N2O6. The van der Waals surface area contributed by atoms with Gasteiger partial charge in [0.25, 0.3) is 11.7 Å². The third-order valence-electron chi connectivity index (χ3n) is 5.14. The maximum atomic E-state index is 13.1. The van der Waals surface area contributed by atoms with Gasteiger partial charge in [0.05, 0.1) is 43.1 Å². The number of amides is 1. The molecule has 1 unspecified atom stereocenters. The summed E-state index contributed by atoms with van der Waals surface area (Å²) in [6, 6.07) is 7.68. The zero-order valence-corrected chi connectivity index (χ0v) is 19.4. The summed E-state index contributed by atoms with van der Waals surface area (Å²) in [6.07, 6.45) is 3.18. The van der Waals surface area contributed by atoms with Crippen molar-refractivity contribution in [1.82, 2.24) is 9.88 Å². The van der Waals surface area contributed by atoms with Gasteiger partial charge in [-0.15, -0.1) is 0 Å². The summed E-state index contributed by atoms with van der Waals surface area (Å²) >= 11 is 0. The highest BCUT2D eigenvalue weighted by atomic mass is 16.5. The molecule has 0 aliphatic carbocycles. The van der Waals surface area contributed by atoms with E-state index in [-0.39, 0.29) is 30.6 Å². The number of aliphatic hydroxyl groups is 1. The third-order valence-corrected chi connectivity index (χ3v) is 5.14. The average Bonchev–Trinajstić information content (AvgIpc) is 3.05. The van der Waals surface area contributed by atoms with Crippen molar-refractivity contribution >= 4 is 17.4 Å². The molecular weight excluding hydrogens is 424 g/mol. The van der Waals surface area contributed by atoms with Gasteiger partial charge in [-0.05, 0) is 51.5 Å². The van der Waals surface area contributed by atoms with Crippen LogP contribution in [0.15, 0.2) is 48.3 Å². The third kappa shape index (κ3) is 5.34. The summed E-state index contributed by atoms with van der Waals surface area (Å²) in [5, 5.41) is 11.3. The van der Waals surface area contributed by atoms with Gasteiger partial charge in [-0.2, -0.15) is 0 Å². The number of hydrogen-bond acceptors (Lipinski definition) is 7. The molecule has 1 aliphatic heterocycles. The first-order valence-electron chi connectivity index (χ1n) is 11.1. The molecule has 8 heteroatoms. The van der Waals surface area contributed by atoms with Crippen molar-refractivity contribution in [3.63, 3.8) is 0 Å². The van der Waals surface area contributed by atoms with Crippen molar-refractivity contribution in [2.24, 2.45) is 0 Å². The number of carbonyl (C=O) groups is 2. The first-order chi connectivity index (χ1) is 15.9. The van der Waals surface area contributed by atoms with Crippen molar-refractivity contribution < 1.29 is 28.9 Å². The van der Waals surface area contributed by atoms with Gasteiger partial charge in [-0.3, -0.25) is 14.6 Å². The van der Waals surface area contributed by atoms with Gasteiger partial charge in [0.1, 0.15) is 17.3 Å². The second kappa shape index (κ2) is 11.0. The minimum atomic E-state index is -0.796. The maximum Gasteiger partial charge on any atom is 0.295 e. The van der Waals surface area contributed by atoms with Gasteiger partial charge in [0.15, 0.2) is 0 Å². The largest absolute Gasteiger partial charge is 0.507 e. The highest BCUT2D eigenvalue weighted by Gasteiger charge is 2.46. The Bertz CT molecular complexity index is 1020. The van der Waals surface area contributed by atoms with Crippen molar-refractivity contribution in [1.29, 1.82) is 0 Å². The highest BCUT2D eigenvalue weighted by Crippen LogP contribution is 2.41. The average molecular weight is 455 g/mol. The Labute approximate surface area is 193 Å². The fourth-order valence-electron chi connectivity index (χ4n) is 3.76. The topological polar surface area (TPSA) is 98.2 Å². The van der Waals surface area contributed by atoms with E-state index in [2.05, 4.69) is 4.98 Å². The summed E-state index contributed by atoms with van der Waals surface area (Å²) in [5.41, 5.74) is 0.917. The van der Waals surface area contributed by atoms with Crippen LogP contribution in [-0.2, 0) is 14.3 Å². The normalized spacial score (nSPS) is 17.6. The van der Waals surface area contributed by atoms with Crippen LogP contribution in [0.3, 0.4) is 0 Å². The van der Waals surface area contributed by atoms with Gasteiger partial charge in [-0.25, -0.2) is 0 Å². The van der Waals surface area contributed by atoms with E-state index in [1.165, 1.54) is 4.90 Å². The Kier molecular flexibility index (Phi) is 8.06. The number of nitrogens with zero attached hydrogens (tertiary/aromatic N) is 2. The van der Waals surface area contributed by atoms with Crippen LogP contribution in [0.2, 0.25) is 0 Å². The van der Waals surface area contributed by atoms with Gasteiger partial charge < -0.3 is 24.2 Å². The number of carbonyl (C=O) groups excluding carboxylic acids is 2. The molecule has 1 atom stereocenters. The number of ether oxygens (including phenoxy) is 3. The summed E-state index contributed by atoms with van der Waals surface area (Å²) in [5.74, 6) is -0.822. The smallest absolute Gasteiger partial charge is 0.295 e. The van der Waals surface area contributed by atoms with Crippen LogP contribution >= 0.6 is 0 Å². The van der Waals surface area contributed by atoms with Crippen LogP contribution in [0.25, 0.3) is 5.76 Å². The second-order valence-corrected chi connectivity index (χ2v) is 7.72. The number of Topliss-reactive ketones (excluding diaryl/α,β-unsaturated/α-hetero) is 1. The number of aromatic nitrogens is 1. The fourth-order valence-corrected chi connectivity index (χ4v) is 3.76. The quantitative estimate of drug-likeness (QED) is 0.332. The van der Waals surface area contributed by atoms with Crippen LogP contribution < -0.4 is 9.47 Å². The number of likely N-dealkylation sites (tertiary alicyclic amines) is 1. The molecule has 176 valence electrons. The van der Waals surface area contributed by atoms with Gasteiger partial charge in [0, 0.05) is 25.0 Å². The van der Waals surface area contributed by atoms with E-state index in [0.717, 1.165) is 0 Å². The summed E-state index contributed by atoms with van der Waals surface area (Å²) < 4.78 is 16.8. The van der Waals surface area contributed by atoms with Crippen molar-refractivity contribution in [3.8, 4) is 11.5 Å². The van der Waals surface area contributed by atoms with Gasteiger partial charge in [0.2, 0.25) is 0 Å². The minimum Gasteiger partial charge on any atom is -0.507 e. The molecule has 1 saturated heterocycles. The van der Waals surface area contributed by atoms with E-state index in [0.29, 0.717) is 35.8 Å². The van der Waals surface area contributed by atoms with Crippen LogP contribution in [0.4, 0.5) is 0 Å². The van der Waals surface area contributed by atoms with Gasteiger partial charge >= 0.3 is 0 Å². The second-order valence-electron chi connectivity index (χ2n) is 7.72. The molecule has 0 spiro atoms. The van der Waals surface area contributed by atoms with E-state index < -0.39 is 17.7 Å². The van der Waals surface area contributed by atoms with E-state index in [9.17, 15) is 14.7 Å². The van der Waals surface area contributed by atoms with Gasteiger partial charge in [-0.1, -0.05) is 6.07 Å². The monoisotopic (exact) mass is 454 g/mol. The summed E-state index contributed by atoms with van der Waals surface area (Å²) in [7, 11) is 0. The number of aliphatic hydroxyl groups excluding tert-OH is 1. The first-order valence-corrected chi connectivity index (χ1v) is 11.1. The molecule has 1 fully saturated rings.